The maximum atomic E-state index is 12.7. The van der Waals surface area contributed by atoms with Crippen LogP contribution in [0.25, 0.3) is 0 Å². The summed E-state index contributed by atoms with van der Waals surface area (Å²) < 4.78 is 27.2. The molecule has 2 nitrogen and oxygen atoms in total. The fourth-order valence-electron chi connectivity index (χ4n) is 0.993. The van der Waals surface area contributed by atoms with E-state index >= 15 is 0 Å². The quantitative estimate of drug-likeness (QED) is 0.582. The van der Waals surface area contributed by atoms with Crippen molar-refractivity contribution in [3.05, 3.63) is 0 Å². The number of rotatable bonds is 1. The van der Waals surface area contributed by atoms with Gasteiger partial charge in [0, 0.05) is 48.6 Å². The highest BCUT2D eigenvalue weighted by molar-refractivity contribution is 14.1. The van der Waals surface area contributed by atoms with Crippen molar-refractivity contribution < 1.29 is 18.6 Å². The van der Waals surface area contributed by atoms with Crippen molar-refractivity contribution in [2.24, 2.45) is 0 Å². The van der Waals surface area contributed by atoms with Crippen LogP contribution in [-0.2, 0) is 4.74 Å². The van der Waals surface area contributed by atoms with Gasteiger partial charge in [-0.3, -0.25) is 0 Å². The van der Waals surface area contributed by atoms with Gasteiger partial charge in [-0.15, -0.1) is 0 Å². The first-order chi connectivity index (χ1) is 4.96. The maximum absolute atomic E-state index is 12.7. The van der Waals surface area contributed by atoms with E-state index in [-0.39, 0.29) is 26.1 Å². The minimum absolute atomic E-state index is 0.0168. The van der Waals surface area contributed by atoms with Crippen molar-refractivity contribution in [3.8, 4) is 0 Å². The molecule has 1 heterocycles. The number of halogens is 3. The smallest absolute Gasteiger partial charge is 0.324 e. The first kappa shape index (κ1) is 9.60. The molecule has 0 aromatic rings. The summed E-state index contributed by atoms with van der Waals surface area (Å²) in [7, 11) is 0. The SMILES string of the molecule is OC1(C(F)(F)I)CCOCC1. The molecule has 1 rings (SSSR count). The Kier molecular flexibility index (Phi) is 2.70. The number of hydrogen-bond donors (Lipinski definition) is 1. The number of alkyl halides is 3. The monoisotopic (exact) mass is 278 g/mol. The second-order valence-electron chi connectivity index (χ2n) is 2.64. The third-order valence-corrected chi connectivity index (χ3v) is 2.85. The molecule has 0 unspecified atom stereocenters. The summed E-state index contributed by atoms with van der Waals surface area (Å²) in [6, 6.07) is 0. The molecule has 0 spiro atoms. The molecule has 1 N–H and O–H groups in total. The molecule has 0 aromatic heterocycles. The van der Waals surface area contributed by atoms with Crippen LogP contribution in [0, 0.1) is 0 Å². The van der Waals surface area contributed by atoms with Crippen LogP contribution in [0.4, 0.5) is 8.78 Å². The van der Waals surface area contributed by atoms with Crippen molar-refractivity contribution in [2.45, 2.75) is 22.4 Å². The predicted octanol–water partition coefficient (Wildman–Crippen LogP) is 1.56. The molecule has 0 radical (unpaired) electrons. The fourth-order valence-corrected chi connectivity index (χ4v) is 1.53. The van der Waals surface area contributed by atoms with Gasteiger partial charge in [-0.05, 0) is 0 Å². The van der Waals surface area contributed by atoms with Gasteiger partial charge in [0.2, 0.25) is 0 Å². The summed E-state index contributed by atoms with van der Waals surface area (Å²) in [5.74, 6) is 0. The third-order valence-electron chi connectivity index (χ3n) is 1.85. The Morgan fingerprint density at radius 3 is 2.09 bits per heavy atom. The predicted molar refractivity (Wildman–Crippen MR) is 44.0 cm³/mol. The zero-order valence-corrected chi connectivity index (χ0v) is 7.98. The van der Waals surface area contributed by atoms with E-state index in [0.717, 1.165) is 22.6 Å². The number of ether oxygens (including phenoxy) is 1. The number of aliphatic hydroxyl groups is 1. The summed E-state index contributed by atoms with van der Waals surface area (Å²) in [4.78, 5) is 0. The van der Waals surface area contributed by atoms with E-state index in [2.05, 4.69) is 0 Å². The van der Waals surface area contributed by atoms with Gasteiger partial charge in [0.05, 0.1) is 0 Å². The average molecular weight is 278 g/mol. The van der Waals surface area contributed by atoms with Crippen molar-refractivity contribution in [3.63, 3.8) is 0 Å². The lowest BCUT2D eigenvalue weighted by Gasteiger charge is -2.35. The normalized spacial score (nSPS) is 25.1. The van der Waals surface area contributed by atoms with Gasteiger partial charge in [0.15, 0.2) is 0 Å². The zero-order valence-electron chi connectivity index (χ0n) is 5.82. The largest absolute Gasteiger partial charge is 0.383 e. The molecule has 5 heteroatoms. The Morgan fingerprint density at radius 1 is 1.36 bits per heavy atom. The highest BCUT2D eigenvalue weighted by Crippen LogP contribution is 2.41. The van der Waals surface area contributed by atoms with Crippen LogP contribution in [0.5, 0.6) is 0 Å². The fraction of sp³-hybridized carbons (Fsp3) is 1.00. The molecule has 1 aliphatic rings. The summed E-state index contributed by atoms with van der Waals surface area (Å²) in [6.45, 7) is 0.435. The van der Waals surface area contributed by atoms with Gasteiger partial charge < -0.3 is 9.84 Å². The highest BCUT2D eigenvalue weighted by Gasteiger charge is 2.50. The van der Waals surface area contributed by atoms with E-state index in [4.69, 9.17) is 4.74 Å². The summed E-state index contributed by atoms with van der Waals surface area (Å²) in [5.41, 5.74) is -1.86. The Hall–Kier alpha value is 0.510. The first-order valence-corrected chi connectivity index (χ1v) is 4.40. The van der Waals surface area contributed by atoms with Crippen LogP contribution in [0.2, 0.25) is 0 Å². The highest BCUT2D eigenvalue weighted by atomic mass is 127. The first-order valence-electron chi connectivity index (χ1n) is 3.33. The zero-order chi connectivity index (χ0) is 8.54. The Bertz CT molecular complexity index is 140. The lowest BCUT2D eigenvalue weighted by atomic mass is 9.95. The van der Waals surface area contributed by atoms with Crippen LogP contribution in [-0.4, -0.2) is 27.9 Å². The van der Waals surface area contributed by atoms with Crippen LogP contribution in [0.3, 0.4) is 0 Å². The molecule has 0 atom stereocenters. The molecule has 0 aliphatic carbocycles. The van der Waals surface area contributed by atoms with Crippen LogP contribution in [0.1, 0.15) is 12.8 Å². The molecular formula is C6H9F2IO2. The Balaban J connectivity index is 2.64. The molecule has 0 amide bonds. The topological polar surface area (TPSA) is 29.5 Å². The van der Waals surface area contributed by atoms with Crippen LogP contribution < -0.4 is 0 Å². The lowest BCUT2D eigenvalue weighted by Crippen LogP contribution is -2.48. The van der Waals surface area contributed by atoms with Gasteiger partial charge in [0.25, 0.3) is 0 Å². The number of hydrogen-bond acceptors (Lipinski definition) is 2. The molecule has 1 fully saturated rings. The molecule has 66 valence electrons. The van der Waals surface area contributed by atoms with Crippen LogP contribution in [0.15, 0.2) is 0 Å². The second kappa shape index (κ2) is 3.10. The van der Waals surface area contributed by atoms with E-state index in [1.54, 1.807) is 0 Å². The van der Waals surface area contributed by atoms with Gasteiger partial charge >= 0.3 is 3.93 Å². The van der Waals surface area contributed by atoms with E-state index in [1.165, 1.54) is 0 Å². The van der Waals surface area contributed by atoms with E-state index < -0.39 is 9.53 Å². The van der Waals surface area contributed by atoms with Gasteiger partial charge in [-0.1, -0.05) is 0 Å². The average Bonchev–Trinajstić information content (AvgIpc) is 1.87. The summed E-state index contributed by atoms with van der Waals surface area (Å²) in [6.07, 6.45) is 0.0336. The summed E-state index contributed by atoms with van der Waals surface area (Å²) >= 11 is 0.974. The molecule has 11 heavy (non-hydrogen) atoms. The summed E-state index contributed by atoms with van der Waals surface area (Å²) in [5, 5.41) is 9.37. The van der Waals surface area contributed by atoms with Gasteiger partial charge in [0.1, 0.15) is 5.60 Å². The third kappa shape index (κ3) is 2.00. The van der Waals surface area contributed by atoms with Gasteiger partial charge in [-0.25, -0.2) is 0 Å². The molecule has 1 aliphatic heterocycles. The van der Waals surface area contributed by atoms with E-state index in [0.29, 0.717) is 0 Å². The molecule has 0 aromatic carbocycles. The Labute approximate surface area is 77.1 Å². The van der Waals surface area contributed by atoms with Gasteiger partial charge in [-0.2, -0.15) is 8.78 Å². The van der Waals surface area contributed by atoms with Crippen molar-refractivity contribution in [1.29, 1.82) is 0 Å². The minimum Gasteiger partial charge on any atom is -0.383 e. The van der Waals surface area contributed by atoms with Crippen molar-refractivity contribution >= 4 is 22.6 Å². The van der Waals surface area contributed by atoms with Crippen LogP contribution >= 0.6 is 22.6 Å². The Morgan fingerprint density at radius 2 is 1.82 bits per heavy atom. The minimum atomic E-state index is -3.05. The molecule has 1 saturated heterocycles. The van der Waals surface area contributed by atoms with Crippen molar-refractivity contribution in [2.75, 3.05) is 13.2 Å². The second-order valence-corrected chi connectivity index (χ2v) is 4.00. The van der Waals surface area contributed by atoms with Crippen molar-refractivity contribution in [1.82, 2.24) is 0 Å². The maximum Gasteiger partial charge on any atom is 0.324 e. The molecule has 0 saturated carbocycles. The van der Waals surface area contributed by atoms with E-state index in [1.807, 2.05) is 0 Å². The van der Waals surface area contributed by atoms with E-state index in [9.17, 15) is 13.9 Å². The molecule has 0 bridgehead atoms. The standard InChI is InChI=1S/C6H9F2IO2/c7-6(8,9)5(10)1-3-11-4-2-5/h10H,1-4H2. The molecular weight excluding hydrogens is 269 g/mol. The lowest BCUT2D eigenvalue weighted by molar-refractivity contribution is -0.156.